The van der Waals surface area contributed by atoms with Gasteiger partial charge in [0.2, 0.25) is 0 Å². The first kappa shape index (κ1) is 12.8. The highest BCUT2D eigenvalue weighted by Crippen LogP contribution is 2.37. The molecule has 4 nitrogen and oxygen atoms in total. The van der Waals surface area contributed by atoms with Crippen LogP contribution >= 0.6 is 11.8 Å². The topological polar surface area (TPSA) is 69.6 Å². The molecule has 0 saturated heterocycles. The van der Waals surface area contributed by atoms with Crippen LogP contribution in [0.3, 0.4) is 0 Å². The molecule has 15 heavy (non-hydrogen) atoms. The molecule has 1 fully saturated rings. The van der Waals surface area contributed by atoms with E-state index < -0.39 is 11.5 Å². The maximum absolute atomic E-state index is 11.1. The third kappa shape index (κ3) is 3.09. The van der Waals surface area contributed by atoms with Crippen LogP contribution in [0.4, 0.5) is 0 Å². The van der Waals surface area contributed by atoms with Crippen molar-refractivity contribution < 1.29 is 15.0 Å². The molecule has 0 aromatic rings. The number of thioether (sulfide) groups is 1. The molecule has 0 radical (unpaired) electrons. The summed E-state index contributed by atoms with van der Waals surface area (Å²) in [6.45, 7) is 0.218. The Balaban J connectivity index is 2.39. The minimum atomic E-state index is -0.741. The number of aliphatic hydroxyl groups excluding tert-OH is 1. The smallest absolute Gasteiger partial charge is 0.323 e. The Morgan fingerprint density at radius 2 is 2.40 bits per heavy atom. The average molecular weight is 233 g/mol. The highest BCUT2D eigenvalue weighted by Gasteiger charge is 2.44. The van der Waals surface area contributed by atoms with E-state index in [9.17, 15) is 4.79 Å². The van der Waals surface area contributed by atoms with Gasteiger partial charge in [-0.3, -0.25) is 4.79 Å². The summed E-state index contributed by atoms with van der Waals surface area (Å²) >= 11 is 1.78. The monoisotopic (exact) mass is 233 g/mol. The van der Waals surface area contributed by atoms with E-state index in [4.69, 9.17) is 10.2 Å². The number of likely N-dealkylation sites (N-methyl/N-ethyl adjacent to an activating group) is 1. The summed E-state index contributed by atoms with van der Waals surface area (Å²) in [5, 5.41) is 21.2. The Morgan fingerprint density at radius 3 is 2.87 bits per heavy atom. The number of aliphatic hydroxyl groups is 1. The van der Waals surface area contributed by atoms with Gasteiger partial charge in [-0.1, -0.05) is 0 Å². The number of rotatable bonds is 6. The summed E-state index contributed by atoms with van der Waals surface area (Å²) in [4.78, 5) is 11.1. The van der Waals surface area contributed by atoms with Gasteiger partial charge < -0.3 is 15.5 Å². The predicted octanol–water partition coefficient (Wildman–Crippen LogP) is 0.697. The van der Waals surface area contributed by atoms with Crippen molar-refractivity contribution in [2.75, 3.05) is 19.4 Å². The van der Waals surface area contributed by atoms with Crippen molar-refractivity contribution >= 4 is 17.7 Å². The summed E-state index contributed by atoms with van der Waals surface area (Å²) in [7, 11) is 1.72. The van der Waals surface area contributed by atoms with E-state index in [0.29, 0.717) is 18.1 Å². The molecule has 0 spiro atoms. The molecular formula is C10H19NO3S. The first-order valence-corrected chi connectivity index (χ1v) is 6.34. The number of hydrogen-bond acceptors (Lipinski definition) is 4. The Morgan fingerprint density at radius 1 is 1.67 bits per heavy atom. The van der Waals surface area contributed by atoms with E-state index in [1.165, 1.54) is 0 Å². The quantitative estimate of drug-likeness (QED) is 0.589. The van der Waals surface area contributed by atoms with Crippen LogP contribution in [0.2, 0.25) is 0 Å². The molecule has 1 rings (SSSR count). The van der Waals surface area contributed by atoms with E-state index in [0.717, 1.165) is 18.6 Å². The fourth-order valence-corrected chi connectivity index (χ4v) is 3.30. The van der Waals surface area contributed by atoms with Crippen LogP contribution < -0.4 is 5.32 Å². The van der Waals surface area contributed by atoms with Crippen molar-refractivity contribution in [1.29, 1.82) is 0 Å². The lowest BCUT2D eigenvalue weighted by Gasteiger charge is -2.23. The summed E-state index contributed by atoms with van der Waals surface area (Å²) in [6, 6.07) is 0. The zero-order valence-electron chi connectivity index (χ0n) is 9.03. The van der Waals surface area contributed by atoms with Gasteiger partial charge in [-0.05, 0) is 38.5 Å². The van der Waals surface area contributed by atoms with E-state index >= 15 is 0 Å². The summed E-state index contributed by atoms with van der Waals surface area (Å²) in [5.41, 5.74) is -0.711. The Labute approximate surface area is 94.4 Å². The lowest BCUT2D eigenvalue weighted by molar-refractivity contribution is -0.144. The molecule has 1 aliphatic carbocycles. The van der Waals surface area contributed by atoms with Crippen LogP contribution in [0.5, 0.6) is 0 Å². The average Bonchev–Trinajstić information content (AvgIpc) is 2.63. The molecule has 1 aliphatic rings. The summed E-state index contributed by atoms with van der Waals surface area (Å²) in [5.74, 6) is 0.177. The molecule has 0 bridgehead atoms. The molecule has 2 atom stereocenters. The molecule has 0 aromatic carbocycles. The minimum Gasteiger partial charge on any atom is -0.480 e. The first-order chi connectivity index (χ1) is 7.14. The highest BCUT2D eigenvalue weighted by atomic mass is 32.2. The van der Waals surface area contributed by atoms with Crippen LogP contribution in [0, 0.1) is 0 Å². The molecule has 0 aliphatic heterocycles. The van der Waals surface area contributed by atoms with Crippen LogP contribution in [-0.4, -0.2) is 46.4 Å². The van der Waals surface area contributed by atoms with Gasteiger partial charge in [0, 0.05) is 11.9 Å². The van der Waals surface area contributed by atoms with E-state index in [2.05, 4.69) is 5.32 Å². The van der Waals surface area contributed by atoms with Gasteiger partial charge in [0.15, 0.2) is 0 Å². The second kappa shape index (κ2) is 5.72. The summed E-state index contributed by atoms with van der Waals surface area (Å²) < 4.78 is 0. The molecule has 0 amide bonds. The maximum Gasteiger partial charge on any atom is 0.323 e. The predicted molar refractivity (Wildman–Crippen MR) is 61.2 cm³/mol. The standard InChI is InChI=1S/C10H19NO3S/c1-11-10(9(13)14)4-3-8(7-10)15-6-2-5-12/h8,11-12H,2-7H2,1H3,(H,13,14). The van der Waals surface area contributed by atoms with Crippen molar-refractivity contribution in [3.63, 3.8) is 0 Å². The molecule has 5 heteroatoms. The largest absolute Gasteiger partial charge is 0.480 e. The van der Waals surface area contributed by atoms with Gasteiger partial charge in [0.05, 0.1) is 0 Å². The van der Waals surface area contributed by atoms with Crippen molar-refractivity contribution in [2.45, 2.75) is 36.5 Å². The summed E-state index contributed by atoms with van der Waals surface area (Å²) in [6.07, 6.45) is 3.13. The minimum absolute atomic E-state index is 0.218. The Hall–Kier alpha value is -0.260. The van der Waals surface area contributed by atoms with Gasteiger partial charge in [-0.25, -0.2) is 0 Å². The molecule has 0 aromatic heterocycles. The second-order valence-electron chi connectivity index (χ2n) is 3.95. The van der Waals surface area contributed by atoms with Crippen LogP contribution in [0.15, 0.2) is 0 Å². The number of hydrogen-bond donors (Lipinski definition) is 3. The van der Waals surface area contributed by atoms with Crippen molar-refractivity contribution in [2.24, 2.45) is 0 Å². The number of carbonyl (C=O) groups is 1. The molecular weight excluding hydrogens is 214 g/mol. The number of carboxylic acid groups (broad SMARTS) is 1. The van der Waals surface area contributed by atoms with Crippen LogP contribution in [0.1, 0.15) is 25.7 Å². The van der Waals surface area contributed by atoms with Crippen LogP contribution in [-0.2, 0) is 4.79 Å². The van der Waals surface area contributed by atoms with Gasteiger partial charge in [0.25, 0.3) is 0 Å². The lowest BCUT2D eigenvalue weighted by atomic mass is 9.99. The zero-order chi connectivity index (χ0) is 11.3. The SMILES string of the molecule is CNC1(C(=O)O)CCC(SCCCO)C1. The third-order valence-corrected chi connectivity index (χ3v) is 4.41. The highest BCUT2D eigenvalue weighted by molar-refractivity contribution is 7.99. The molecule has 1 saturated carbocycles. The number of nitrogens with one attached hydrogen (secondary N) is 1. The van der Waals surface area contributed by atoms with Crippen molar-refractivity contribution in [3.05, 3.63) is 0 Å². The van der Waals surface area contributed by atoms with E-state index in [-0.39, 0.29) is 6.61 Å². The Kier molecular flexibility index (Phi) is 4.89. The van der Waals surface area contributed by atoms with E-state index in [1.807, 2.05) is 0 Å². The molecule has 88 valence electrons. The van der Waals surface area contributed by atoms with Crippen molar-refractivity contribution in [1.82, 2.24) is 5.32 Å². The number of aliphatic carboxylic acids is 1. The maximum atomic E-state index is 11.1. The van der Waals surface area contributed by atoms with Gasteiger partial charge in [-0.2, -0.15) is 11.8 Å². The molecule has 0 heterocycles. The first-order valence-electron chi connectivity index (χ1n) is 5.29. The third-order valence-electron chi connectivity index (χ3n) is 3.01. The number of carboxylic acids is 1. The van der Waals surface area contributed by atoms with Crippen LogP contribution in [0.25, 0.3) is 0 Å². The molecule has 2 unspecified atom stereocenters. The second-order valence-corrected chi connectivity index (χ2v) is 5.36. The Bertz CT molecular complexity index is 225. The molecule has 3 N–H and O–H groups in total. The lowest BCUT2D eigenvalue weighted by Crippen LogP contribution is -2.48. The van der Waals surface area contributed by atoms with Gasteiger partial charge >= 0.3 is 5.97 Å². The zero-order valence-corrected chi connectivity index (χ0v) is 9.85. The van der Waals surface area contributed by atoms with Crippen molar-refractivity contribution in [3.8, 4) is 0 Å². The fraction of sp³-hybridized carbons (Fsp3) is 0.900. The fourth-order valence-electron chi connectivity index (χ4n) is 1.99. The van der Waals surface area contributed by atoms with Gasteiger partial charge in [0.1, 0.15) is 5.54 Å². The van der Waals surface area contributed by atoms with Gasteiger partial charge in [-0.15, -0.1) is 0 Å². The van der Waals surface area contributed by atoms with E-state index in [1.54, 1.807) is 18.8 Å². The normalized spacial score (nSPS) is 30.7.